The van der Waals surface area contributed by atoms with Crippen LogP contribution in [0.25, 0.3) is 28.0 Å². The summed E-state index contributed by atoms with van der Waals surface area (Å²) in [6.07, 6.45) is 6.70. The van der Waals surface area contributed by atoms with Gasteiger partial charge in [0, 0.05) is 37.0 Å². The number of rotatable bonds is 5. The second kappa shape index (κ2) is 6.80. The van der Waals surface area contributed by atoms with E-state index in [1.807, 2.05) is 53.2 Å². The number of aryl methyl sites for hydroxylation is 1. The number of hydrogen-bond donors (Lipinski definition) is 0. The molecule has 0 aliphatic carbocycles. The number of aromatic nitrogens is 3. The number of fused-ring (bicyclic) bond motifs is 1. The van der Waals surface area contributed by atoms with Crippen LogP contribution in [-0.2, 0) is 11.3 Å². The molecule has 0 unspecified atom stereocenters. The Balaban J connectivity index is 1.71. The normalized spacial score (nSPS) is 10.9. The number of carbonyl (C=O) groups excluding carboxylic acids is 1. The number of pyridine rings is 2. The summed E-state index contributed by atoms with van der Waals surface area (Å²) in [5.41, 5.74) is 4.61. The molecule has 4 rings (SSSR count). The van der Waals surface area contributed by atoms with Gasteiger partial charge in [-0.3, -0.25) is 9.20 Å². The van der Waals surface area contributed by atoms with Crippen molar-refractivity contribution in [3.05, 3.63) is 83.5 Å². The van der Waals surface area contributed by atoms with Gasteiger partial charge in [0.1, 0.15) is 11.9 Å². The third-order valence-corrected chi connectivity index (χ3v) is 4.40. The number of carbonyl (C=O) groups is 1. The molecule has 0 fully saturated rings. The van der Waals surface area contributed by atoms with Crippen molar-refractivity contribution >= 4 is 11.9 Å². The Hall–Kier alpha value is -3.47. The molecule has 3 heterocycles. The van der Waals surface area contributed by atoms with Gasteiger partial charge in [-0.1, -0.05) is 30.3 Å². The monoisotopic (exact) mass is 343 g/mol. The predicted octanol–water partition coefficient (Wildman–Crippen LogP) is 3.42. The topological polar surface area (TPSA) is 56.4 Å². The van der Waals surface area contributed by atoms with Crippen LogP contribution in [0.15, 0.2) is 78.0 Å². The number of hydrogen-bond acceptors (Lipinski definition) is 3. The molecule has 0 N–H and O–H groups in total. The second-order valence-corrected chi connectivity index (χ2v) is 6.06. The summed E-state index contributed by atoms with van der Waals surface area (Å²) in [5.74, 6) is 0. The summed E-state index contributed by atoms with van der Waals surface area (Å²) in [5, 5.41) is 0. The quantitative estimate of drug-likeness (QED) is 0.522. The van der Waals surface area contributed by atoms with E-state index in [2.05, 4.69) is 17.1 Å². The van der Waals surface area contributed by atoms with Gasteiger partial charge in [-0.25, -0.2) is 4.98 Å². The highest BCUT2D eigenvalue weighted by Crippen LogP contribution is 2.24. The number of benzene rings is 1. The van der Waals surface area contributed by atoms with Crippen molar-refractivity contribution < 1.29 is 4.79 Å². The van der Waals surface area contributed by atoms with Gasteiger partial charge >= 0.3 is 0 Å². The molecular formula is C21H17N3O2. The van der Waals surface area contributed by atoms with Crippen LogP contribution < -0.4 is 5.56 Å². The Bertz CT molecular complexity index is 1130. The Kier molecular flexibility index (Phi) is 4.19. The van der Waals surface area contributed by atoms with Gasteiger partial charge in [0.05, 0.1) is 11.9 Å². The van der Waals surface area contributed by atoms with Gasteiger partial charge in [0.15, 0.2) is 0 Å². The van der Waals surface area contributed by atoms with Crippen molar-refractivity contribution in [1.29, 1.82) is 0 Å². The molecule has 4 aromatic rings. The largest absolute Gasteiger partial charge is 0.315 e. The molecular weight excluding hydrogens is 326 g/mol. The number of nitrogens with zero attached hydrogens (tertiary/aromatic N) is 3. The third-order valence-electron chi connectivity index (χ3n) is 4.40. The summed E-state index contributed by atoms with van der Waals surface area (Å²) in [4.78, 5) is 27.2. The van der Waals surface area contributed by atoms with Crippen LogP contribution in [-0.4, -0.2) is 20.2 Å². The smallest absolute Gasteiger partial charge is 0.251 e. The summed E-state index contributed by atoms with van der Waals surface area (Å²) < 4.78 is 3.57. The van der Waals surface area contributed by atoms with Crippen LogP contribution in [0.5, 0.6) is 0 Å². The van der Waals surface area contributed by atoms with Crippen LogP contribution >= 0.6 is 0 Å². The molecule has 5 nitrogen and oxygen atoms in total. The Labute approximate surface area is 150 Å². The molecule has 0 aliphatic heterocycles. The first-order valence-electron chi connectivity index (χ1n) is 8.43. The number of imidazole rings is 1. The van der Waals surface area contributed by atoms with Gasteiger partial charge in [0.2, 0.25) is 0 Å². The predicted molar refractivity (Wildman–Crippen MR) is 101 cm³/mol. The van der Waals surface area contributed by atoms with E-state index < -0.39 is 0 Å². The highest BCUT2D eigenvalue weighted by molar-refractivity contribution is 5.70. The van der Waals surface area contributed by atoms with E-state index in [0.717, 1.165) is 34.3 Å². The standard InChI is InChI=1S/C21H17N3O2/c25-12-4-9-23-10-7-18(14-21(23)26)17-8-11-24-19(15-22-20(24)13-17)16-5-2-1-3-6-16/h1-3,5-8,10-15H,4,9H2. The van der Waals surface area contributed by atoms with Gasteiger partial charge in [0.25, 0.3) is 5.56 Å². The third kappa shape index (κ3) is 2.95. The molecule has 0 spiro atoms. The fourth-order valence-electron chi connectivity index (χ4n) is 3.05. The first kappa shape index (κ1) is 16.0. The fourth-order valence-corrected chi connectivity index (χ4v) is 3.05. The number of aldehydes is 1. The minimum Gasteiger partial charge on any atom is -0.315 e. The van der Waals surface area contributed by atoms with Crippen LogP contribution in [0.4, 0.5) is 0 Å². The molecule has 0 saturated carbocycles. The molecule has 0 aliphatic rings. The van der Waals surface area contributed by atoms with Crippen LogP contribution in [0, 0.1) is 0 Å². The minimum atomic E-state index is -0.113. The summed E-state index contributed by atoms with van der Waals surface area (Å²) in [6.45, 7) is 0.405. The lowest BCUT2D eigenvalue weighted by Crippen LogP contribution is -2.18. The van der Waals surface area contributed by atoms with Crippen LogP contribution in [0.3, 0.4) is 0 Å². The molecule has 5 heteroatoms. The lowest BCUT2D eigenvalue weighted by molar-refractivity contribution is -0.108. The lowest BCUT2D eigenvalue weighted by Gasteiger charge is -2.07. The van der Waals surface area contributed by atoms with E-state index in [1.165, 1.54) is 0 Å². The highest BCUT2D eigenvalue weighted by Gasteiger charge is 2.08. The van der Waals surface area contributed by atoms with Gasteiger partial charge in [-0.2, -0.15) is 0 Å². The molecule has 128 valence electrons. The van der Waals surface area contributed by atoms with Gasteiger partial charge in [-0.15, -0.1) is 0 Å². The lowest BCUT2D eigenvalue weighted by atomic mass is 10.1. The van der Waals surface area contributed by atoms with E-state index in [0.29, 0.717) is 13.0 Å². The highest BCUT2D eigenvalue weighted by atomic mass is 16.1. The van der Waals surface area contributed by atoms with Crippen LogP contribution in [0.1, 0.15) is 6.42 Å². The SMILES string of the molecule is O=CCCn1ccc(-c2ccn3c(-c4ccccc4)cnc3c2)cc1=O. The van der Waals surface area contributed by atoms with E-state index in [4.69, 9.17) is 0 Å². The molecule has 1 aromatic carbocycles. The van der Waals surface area contributed by atoms with Crippen molar-refractivity contribution in [2.45, 2.75) is 13.0 Å². The Morgan fingerprint density at radius 1 is 0.923 bits per heavy atom. The maximum Gasteiger partial charge on any atom is 0.251 e. The molecule has 0 amide bonds. The average Bonchev–Trinajstić information content (AvgIpc) is 3.11. The fraction of sp³-hybridized carbons (Fsp3) is 0.0952. The van der Waals surface area contributed by atoms with Crippen molar-refractivity contribution in [3.63, 3.8) is 0 Å². The zero-order chi connectivity index (χ0) is 17.9. The first-order valence-corrected chi connectivity index (χ1v) is 8.43. The molecule has 0 atom stereocenters. The minimum absolute atomic E-state index is 0.113. The van der Waals surface area contributed by atoms with E-state index >= 15 is 0 Å². The van der Waals surface area contributed by atoms with Crippen molar-refractivity contribution in [3.8, 4) is 22.4 Å². The molecule has 26 heavy (non-hydrogen) atoms. The maximum atomic E-state index is 12.2. The van der Waals surface area contributed by atoms with Crippen LogP contribution in [0.2, 0.25) is 0 Å². The van der Waals surface area contributed by atoms with E-state index in [9.17, 15) is 9.59 Å². The molecule has 3 aromatic heterocycles. The van der Waals surface area contributed by atoms with Gasteiger partial charge in [-0.05, 0) is 29.3 Å². The summed E-state index contributed by atoms with van der Waals surface area (Å²) in [6, 6.07) is 17.5. The Morgan fingerprint density at radius 3 is 2.46 bits per heavy atom. The van der Waals surface area contributed by atoms with Crippen molar-refractivity contribution in [2.24, 2.45) is 0 Å². The zero-order valence-corrected chi connectivity index (χ0v) is 14.1. The molecule has 0 saturated heterocycles. The summed E-state index contributed by atoms with van der Waals surface area (Å²) in [7, 11) is 0. The van der Waals surface area contributed by atoms with E-state index in [1.54, 1.807) is 16.8 Å². The van der Waals surface area contributed by atoms with E-state index in [-0.39, 0.29) is 5.56 Å². The van der Waals surface area contributed by atoms with Crippen molar-refractivity contribution in [1.82, 2.24) is 14.0 Å². The van der Waals surface area contributed by atoms with Gasteiger partial charge < -0.3 is 9.36 Å². The molecule has 0 radical (unpaired) electrons. The average molecular weight is 343 g/mol. The second-order valence-electron chi connectivity index (χ2n) is 6.06. The summed E-state index contributed by atoms with van der Waals surface area (Å²) >= 11 is 0. The Morgan fingerprint density at radius 2 is 1.69 bits per heavy atom. The van der Waals surface area contributed by atoms with Crippen molar-refractivity contribution in [2.75, 3.05) is 0 Å². The first-order chi connectivity index (χ1) is 12.8. The zero-order valence-electron chi connectivity index (χ0n) is 14.1. The molecule has 0 bridgehead atoms. The maximum absolute atomic E-state index is 12.2.